The Labute approximate surface area is 136 Å². The first-order valence-corrected chi connectivity index (χ1v) is 16.4. The van der Waals surface area contributed by atoms with Crippen LogP contribution in [0.25, 0.3) is 0 Å². The van der Waals surface area contributed by atoms with Gasteiger partial charge in [0.05, 0.1) is 0 Å². The van der Waals surface area contributed by atoms with Crippen LogP contribution < -0.4 is 0 Å². The summed E-state index contributed by atoms with van der Waals surface area (Å²) >= 11 is -2.09. The van der Waals surface area contributed by atoms with Crippen molar-refractivity contribution in [1.29, 1.82) is 0 Å². The standard InChI is InChI=1S/C7H7O.3C4H9.Sn/c1-2-3-4-5-6-7-8;3*1-3-4-2;/h1-7H;3*1,3-4H2,2H3;/b2-1?,4-3+,6-5+;;;;. The molecule has 0 aliphatic rings. The molecule has 0 heterocycles. The summed E-state index contributed by atoms with van der Waals surface area (Å²) < 4.78 is 7.18. The van der Waals surface area contributed by atoms with E-state index in [0.29, 0.717) is 0 Å². The van der Waals surface area contributed by atoms with Crippen molar-refractivity contribution in [3.63, 3.8) is 0 Å². The van der Waals surface area contributed by atoms with Crippen LogP contribution in [0, 0.1) is 0 Å². The topological polar surface area (TPSA) is 17.1 Å². The Balaban J connectivity index is 4.83. The second-order valence-electron chi connectivity index (χ2n) is 5.94. The quantitative estimate of drug-likeness (QED) is 0.156. The summed E-state index contributed by atoms with van der Waals surface area (Å²) in [7, 11) is 0. The fourth-order valence-electron chi connectivity index (χ4n) is 2.71. The third kappa shape index (κ3) is 11.0. The molecule has 0 radical (unpaired) electrons. The van der Waals surface area contributed by atoms with Gasteiger partial charge in [-0.05, 0) is 0 Å². The Morgan fingerprint density at radius 3 is 1.52 bits per heavy atom. The summed E-state index contributed by atoms with van der Waals surface area (Å²) in [5, 5.41) is 0. The molecule has 0 atom stereocenters. The summed E-state index contributed by atoms with van der Waals surface area (Å²) in [5.74, 6) is 0. The van der Waals surface area contributed by atoms with Gasteiger partial charge >= 0.3 is 137 Å². The van der Waals surface area contributed by atoms with E-state index in [4.69, 9.17) is 0 Å². The van der Waals surface area contributed by atoms with Crippen molar-refractivity contribution in [2.75, 3.05) is 0 Å². The van der Waals surface area contributed by atoms with Gasteiger partial charge in [0.2, 0.25) is 0 Å². The van der Waals surface area contributed by atoms with Gasteiger partial charge in [-0.3, -0.25) is 0 Å². The van der Waals surface area contributed by atoms with Crippen molar-refractivity contribution < 1.29 is 4.79 Å². The monoisotopic (exact) mass is 398 g/mol. The molecule has 0 spiro atoms. The van der Waals surface area contributed by atoms with Gasteiger partial charge in [0, 0.05) is 0 Å². The maximum atomic E-state index is 10.2. The van der Waals surface area contributed by atoms with Gasteiger partial charge in [-0.2, -0.15) is 0 Å². The number of hydrogen-bond acceptors (Lipinski definition) is 1. The molecule has 0 saturated carbocycles. The zero-order valence-electron chi connectivity index (χ0n) is 14.3. The summed E-state index contributed by atoms with van der Waals surface area (Å²) in [6.45, 7) is 6.93. The van der Waals surface area contributed by atoms with E-state index >= 15 is 0 Å². The fourth-order valence-corrected chi connectivity index (χ4v) is 16.8. The molecule has 120 valence electrons. The van der Waals surface area contributed by atoms with Crippen LogP contribution in [-0.4, -0.2) is 24.7 Å². The van der Waals surface area contributed by atoms with Crippen LogP contribution in [0.15, 0.2) is 34.5 Å². The van der Waals surface area contributed by atoms with Crippen LogP contribution in [-0.2, 0) is 4.79 Å². The molecule has 1 nitrogen and oxygen atoms in total. The molecule has 0 aliphatic carbocycles. The van der Waals surface area contributed by atoms with E-state index in [1.165, 1.54) is 57.9 Å². The number of unbranched alkanes of at least 4 members (excludes halogenated alkanes) is 3. The normalized spacial score (nSPS) is 12.9. The summed E-state index contributed by atoms with van der Waals surface area (Å²) in [6.07, 6.45) is 18.7. The molecule has 0 bridgehead atoms. The van der Waals surface area contributed by atoms with E-state index in [-0.39, 0.29) is 0 Å². The van der Waals surface area contributed by atoms with Gasteiger partial charge in [-0.15, -0.1) is 0 Å². The van der Waals surface area contributed by atoms with E-state index in [1.54, 1.807) is 6.08 Å². The Morgan fingerprint density at radius 1 is 0.667 bits per heavy atom. The Kier molecular flexibility index (Phi) is 14.4. The zero-order chi connectivity index (χ0) is 15.8. The minimum absolute atomic E-state index is 0.821. The van der Waals surface area contributed by atoms with Crippen LogP contribution >= 0.6 is 0 Å². The Morgan fingerprint density at radius 2 is 1.10 bits per heavy atom. The van der Waals surface area contributed by atoms with E-state index in [1.807, 2.05) is 6.08 Å². The zero-order valence-corrected chi connectivity index (χ0v) is 17.2. The number of carbonyl (C=O) groups is 1. The number of aldehydes is 1. The van der Waals surface area contributed by atoms with Gasteiger partial charge in [-0.25, -0.2) is 0 Å². The maximum absolute atomic E-state index is 10.2. The van der Waals surface area contributed by atoms with Crippen LogP contribution in [0.3, 0.4) is 0 Å². The number of rotatable bonds is 13. The summed E-state index contributed by atoms with van der Waals surface area (Å²) in [4.78, 5) is 10.2. The van der Waals surface area contributed by atoms with Crippen molar-refractivity contribution >= 4 is 24.7 Å². The third-order valence-electron chi connectivity index (χ3n) is 4.06. The Bertz CT molecular complexity index is 307. The van der Waals surface area contributed by atoms with E-state index < -0.39 is 18.4 Å². The van der Waals surface area contributed by atoms with E-state index in [9.17, 15) is 4.79 Å². The van der Waals surface area contributed by atoms with Gasteiger partial charge in [0.1, 0.15) is 0 Å². The minimum atomic E-state index is -2.09. The molecule has 2 heteroatoms. The number of allylic oxidation sites excluding steroid dienone is 5. The van der Waals surface area contributed by atoms with Crippen LogP contribution in [0.2, 0.25) is 13.3 Å². The second-order valence-corrected chi connectivity index (χ2v) is 18.9. The van der Waals surface area contributed by atoms with Gasteiger partial charge < -0.3 is 0 Å². The van der Waals surface area contributed by atoms with Gasteiger partial charge in [0.25, 0.3) is 0 Å². The average Bonchev–Trinajstić information content (AvgIpc) is 2.51. The summed E-state index contributed by atoms with van der Waals surface area (Å²) in [6, 6.07) is 0. The molecule has 0 rings (SSSR count). The van der Waals surface area contributed by atoms with Crippen molar-refractivity contribution in [3.8, 4) is 0 Å². The Hall–Kier alpha value is -0.311. The molecule has 0 saturated heterocycles. The molecule has 0 aliphatic heterocycles. The van der Waals surface area contributed by atoms with Gasteiger partial charge in [-0.1, -0.05) is 0 Å². The SMILES string of the molecule is CCC[CH2][Sn](/[CH]=C/C=C/C=C/C=O)([CH2]CCC)[CH2]CCC. The molecule has 0 fully saturated rings. The number of carbonyl (C=O) groups excluding carboxylic acids is 1. The fraction of sp³-hybridized carbons (Fsp3) is 0.632. The third-order valence-corrected chi connectivity index (χ3v) is 18.2. The van der Waals surface area contributed by atoms with Crippen molar-refractivity contribution in [3.05, 3.63) is 34.5 Å². The van der Waals surface area contributed by atoms with Crippen LogP contribution in [0.5, 0.6) is 0 Å². The average molecular weight is 397 g/mol. The van der Waals surface area contributed by atoms with Gasteiger partial charge in [0.15, 0.2) is 0 Å². The van der Waals surface area contributed by atoms with Crippen molar-refractivity contribution in [2.45, 2.75) is 72.6 Å². The molecule has 0 aromatic carbocycles. The predicted octanol–water partition coefficient (Wildman–Crippen LogP) is 6.24. The number of hydrogen-bond donors (Lipinski definition) is 0. The van der Waals surface area contributed by atoms with Crippen molar-refractivity contribution in [2.24, 2.45) is 0 Å². The van der Waals surface area contributed by atoms with E-state index in [0.717, 1.165) is 6.29 Å². The van der Waals surface area contributed by atoms with E-state index in [2.05, 4.69) is 37.0 Å². The molecule has 21 heavy (non-hydrogen) atoms. The molecule has 0 aromatic rings. The first-order chi connectivity index (χ1) is 10.2. The van der Waals surface area contributed by atoms with Crippen molar-refractivity contribution in [1.82, 2.24) is 0 Å². The first kappa shape index (κ1) is 20.7. The summed E-state index contributed by atoms with van der Waals surface area (Å²) in [5.41, 5.74) is 0. The molecule has 0 aromatic heterocycles. The molecule has 0 amide bonds. The molecule has 0 unspecified atom stereocenters. The predicted molar refractivity (Wildman–Crippen MR) is 98.4 cm³/mol. The van der Waals surface area contributed by atoms with Crippen LogP contribution in [0.1, 0.15) is 59.3 Å². The second kappa shape index (κ2) is 14.6. The molecular formula is C19H34OSn. The molecule has 0 N–H and O–H groups in total. The van der Waals surface area contributed by atoms with Crippen LogP contribution in [0.4, 0.5) is 0 Å². The molecular weight excluding hydrogens is 363 g/mol. The first-order valence-electron chi connectivity index (χ1n) is 8.71.